The Hall–Kier alpha value is -2.58. The molecule has 0 saturated heterocycles. The SMILES string of the molecule is CC(C)(C)OC(=O)n1cc(C(=O)O)c2cc(Br)c(Cl)cc21.CN(C)c1ccncc1. The van der Waals surface area contributed by atoms with E-state index in [1.807, 2.05) is 31.1 Å². The molecule has 9 heteroatoms. The minimum atomic E-state index is -1.13. The maximum atomic E-state index is 12.2. The molecule has 0 amide bonds. The third kappa shape index (κ3) is 5.96. The van der Waals surface area contributed by atoms with Crippen molar-refractivity contribution < 1.29 is 19.4 Å². The molecule has 0 aliphatic rings. The van der Waals surface area contributed by atoms with E-state index in [4.69, 9.17) is 16.3 Å². The van der Waals surface area contributed by atoms with Crippen molar-refractivity contribution in [2.45, 2.75) is 26.4 Å². The van der Waals surface area contributed by atoms with E-state index in [0.717, 1.165) is 4.57 Å². The fourth-order valence-electron chi connectivity index (χ4n) is 2.49. The lowest BCUT2D eigenvalue weighted by Crippen LogP contribution is -2.26. The standard InChI is InChI=1S/C14H13BrClNO4.C7H10N2/c1-14(2,3)21-13(20)17-6-8(12(18)19)7-4-9(15)10(16)5-11(7)17;1-9(2)7-3-5-8-6-4-7/h4-6H,1-3H3,(H,18,19);3-6H,1-2H3. The monoisotopic (exact) mass is 495 g/mol. The highest BCUT2D eigenvalue weighted by molar-refractivity contribution is 9.10. The average Bonchev–Trinajstić information content (AvgIpc) is 3.01. The lowest BCUT2D eigenvalue weighted by molar-refractivity contribution is 0.0544. The van der Waals surface area contributed by atoms with Crippen LogP contribution in [0, 0.1) is 0 Å². The highest BCUT2D eigenvalue weighted by Crippen LogP contribution is 2.31. The van der Waals surface area contributed by atoms with Gasteiger partial charge in [0.25, 0.3) is 0 Å². The number of fused-ring (bicyclic) bond motifs is 1. The quantitative estimate of drug-likeness (QED) is 0.491. The molecule has 3 aromatic rings. The van der Waals surface area contributed by atoms with Gasteiger partial charge < -0.3 is 14.7 Å². The smallest absolute Gasteiger partial charge is 0.419 e. The second-order valence-corrected chi connectivity index (χ2v) is 8.84. The van der Waals surface area contributed by atoms with Crippen LogP contribution in [0.5, 0.6) is 0 Å². The van der Waals surface area contributed by atoms with Crippen LogP contribution in [0.4, 0.5) is 10.5 Å². The van der Waals surface area contributed by atoms with Crippen LogP contribution in [-0.2, 0) is 4.74 Å². The molecule has 2 aromatic heterocycles. The van der Waals surface area contributed by atoms with Crippen molar-refractivity contribution in [3.63, 3.8) is 0 Å². The van der Waals surface area contributed by atoms with Crippen LogP contribution < -0.4 is 4.90 Å². The number of pyridine rings is 1. The number of nitrogens with zero attached hydrogens (tertiary/aromatic N) is 3. The van der Waals surface area contributed by atoms with Gasteiger partial charge in [-0.2, -0.15) is 0 Å². The number of rotatable bonds is 2. The van der Waals surface area contributed by atoms with Gasteiger partial charge in [-0.25, -0.2) is 9.59 Å². The normalized spacial score (nSPS) is 10.9. The molecule has 0 fully saturated rings. The molecule has 2 heterocycles. The van der Waals surface area contributed by atoms with Crippen molar-refractivity contribution in [2.24, 2.45) is 0 Å². The third-order valence-corrected chi connectivity index (χ3v) is 5.04. The van der Waals surface area contributed by atoms with E-state index in [0.29, 0.717) is 20.4 Å². The van der Waals surface area contributed by atoms with Crippen molar-refractivity contribution in [1.82, 2.24) is 9.55 Å². The van der Waals surface area contributed by atoms with Gasteiger partial charge in [-0.05, 0) is 61.0 Å². The molecule has 7 nitrogen and oxygen atoms in total. The Labute approximate surface area is 188 Å². The Balaban J connectivity index is 0.000000297. The Morgan fingerprint density at radius 3 is 2.27 bits per heavy atom. The Morgan fingerprint density at radius 2 is 1.80 bits per heavy atom. The summed E-state index contributed by atoms with van der Waals surface area (Å²) in [7, 11) is 4.02. The predicted molar refractivity (Wildman–Crippen MR) is 122 cm³/mol. The van der Waals surface area contributed by atoms with Crippen LogP contribution in [0.2, 0.25) is 5.02 Å². The van der Waals surface area contributed by atoms with E-state index in [-0.39, 0.29) is 5.56 Å². The molecule has 3 rings (SSSR count). The van der Waals surface area contributed by atoms with E-state index in [9.17, 15) is 14.7 Å². The molecule has 0 atom stereocenters. The number of carbonyl (C=O) groups excluding carboxylic acids is 1. The molecule has 0 radical (unpaired) electrons. The lowest BCUT2D eigenvalue weighted by atomic mass is 10.2. The highest BCUT2D eigenvalue weighted by Gasteiger charge is 2.23. The molecule has 1 aromatic carbocycles. The van der Waals surface area contributed by atoms with Crippen molar-refractivity contribution in [3.05, 3.63) is 57.9 Å². The number of hydrogen-bond donors (Lipinski definition) is 1. The van der Waals surface area contributed by atoms with E-state index >= 15 is 0 Å². The number of anilines is 1. The van der Waals surface area contributed by atoms with Crippen LogP contribution in [0.25, 0.3) is 10.9 Å². The number of carboxylic acid groups (broad SMARTS) is 1. The maximum Gasteiger partial charge on any atom is 0.419 e. The second kappa shape index (κ2) is 9.49. The first-order valence-corrected chi connectivity index (χ1v) is 10.1. The van der Waals surface area contributed by atoms with Crippen molar-refractivity contribution in [3.8, 4) is 0 Å². The fraction of sp³-hybridized carbons (Fsp3) is 0.286. The summed E-state index contributed by atoms with van der Waals surface area (Å²) in [6.07, 6.45) is 4.16. The molecule has 30 heavy (non-hydrogen) atoms. The number of hydrogen-bond acceptors (Lipinski definition) is 5. The minimum absolute atomic E-state index is 0.00762. The molecule has 160 valence electrons. The topological polar surface area (TPSA) is 84.7 Å². The second-order valence-electron chi connectivity index (χ2n) is 7.58. The Bertz CT molecular complexity index is 1060. The molecule has 1 N–H and O–H groups in total. The van der Waals surface area contributed by atoms with Crippen molar-refractivity contribution >= 4 is 56.2 Å². The van der Waals surface area contributed by atoms with Crippen LogP contribution in [0.1, 0.15) is 31.1 Å². The summed E-state index contributed by atoms with van der Waals surface area (Å²) >= 11 is 9.27. The molecule has 0 spiro atoms. The summed E-state index contributed by atoms with van der Waals surface area (Å²) in [6, 6.07) is 7.04. The third-order valence-electron chi connectivity index (χ3n) is 3.85. The summed E-state index contributed by atoms with van der Waals surface area (Å²) in [6.45, 7) is 5.20. The number of carbonyl (C=O) groups is 2. The summed E-state index contributed by atoms with van der Waals surface area (Å²) in [5.74, 6) is -1.13. The zero-order valence-corrected chi connectivity index (χ0v) is 19.7. The molecule has 0 bridgehead atoms. The first-order chi connectivity index (χ1) is 13.9. The van der Waals surface area contributed by atoms with Gasteiger partial charge in [-0.15, -0.1) is 0 Å². The lowest BCUT2D eigenvalue weighted by Gasteiger charge is -2.19. The first kappa shape index (κ1) is 23.7. The molecule has 0 aliphatic carbocycles. The van der Waals surface area contributed by atoms with E-state index in [2.05, 4.69) is 20.9 Å². The number of halogens is 2. The molecular formula is C21H23BrClN3O4. The summed E-state index contributed by atoms with van der Waals surface area (Å²) < 4.78 is 6.98. The summed E-state index contributed by atoms with van der Waals surface area (Å²) in [5.41, 5.74) is 0.893. The van der Waals surface area contributed by atoms with Gasteiger partial charge in [0.1, 0.15) is 5.60 Å². The van der Waals surface area contributed by atoms with E-state index in [1.165, 1.54) is 18.0 Å². The summed E-state index contributed by atoms with van der Waals surface area (Å²) in [4.78, 5) is 29.5. The molecule has 0 aliphatic heterocycles. The summed E-state index contributed by atoms with van der Waals surface area (Å²) in [5, 5.41) is 10.0. The number of aromatic nitrogens is 2. The van der Waals surface area contributed by atoms with Crippen LogP contribution in [-0.4, -0.2) is 46.4 Å². The highest BCUT2D eigenvalue weighted by atomic mass is 79.9. The van der Waals surface area contributed by atoms with Crippen molar-refractivity contribution in [2.75, 3.05) is 19.0 Å². The molecular weight excluding hydrogens is 474 g/mol. The molecule has 0 saturated carbocycles. The zero-order valence-electron chi connectivity index (χ0n) is 17.3. The fourth-order valence-corrected chi connectivity index (χ4v) is 3.00. The van der Waals surface area contributed by atoms with Gasteiger partial charge in [0.15, 0.2) is 0 Å². The van der Waals surface area contributed by atoms with E-state index < -0.39 is 17.7 Å². The van der Waals surface area contributed by atoms with Crippen LogP contribution >= 0.6 is 27.5 Å². The zero-order chi connectivity index (χ0) is 22.6. The number of aromatic carboxylic acids is 1. The molecule has 0 unspecified atom stereocenters. The number of carboxylic acids is 1. The van der Waals surface area contributed by atoms with Crippen molar-refractivity contribution in [1.29, 1.82) is 0 Å². The Kier molecular flexibility index (Phi) is 7.49. The van der Waals surface area contributed by atoms with Gasteiger partial charge >= 0.3 is 12.1 Å². The maximum absolute atomic E-state index is 12.2. The van der Waals surface area contributed by atoms with Gasteiger partial charge in [0, 0.05) is 48.2 Å². The largest absolute Gasteiger partial charge is 0.478 e. The van der Waals surface area contributed by atoms with Gasteiger partial charge in [-0.3, -0.25) is 9.55 Å². The first-order valence-electron chi connectivity index (χ1n) is 8.95. The predicted octanol–water partition coefficient (Wildman–Crippen LogP) is 5.69. The number of benzene rings is 1. The Morgan fingerprint density at radius 1 is 1.20 bits per heavy atom. The van der Waals surface area contributed by atoms with Gasteiger partial charge in [0.05, 0.1) is 16.1 Å². The number of ether oxygens (including phenoxy) is 1. The van der Waals surface area contributed by atoms with Gasteiger partial charge in [0.2, 0.25) is 0 Å². The minimum Gasteiger partial charge on any atom is -0.478 e. The van der Waals surface area contributed by atoms with Crippen LogP contribution in [0.3, 0.4) is 0 Å². The average molecular weight is 497 g/mol. The van der Waals surface area contributed by atoms with Gasteiger partial charge in [-0.1, -0.05) is 11.6 Å². The van der Waals surface area contributed by atoms with E-state index in [1.54, 1.807) is 39.2 Å². The van der Waals surface area contributed by atoms with Crippen LogP contribution in [0.15, 0.2) is 47.3 Å².